The molecule has 0 aromatic heterocycles. The minimum Gasteiger partial charge on any atom is -0.457 e. The van der Waals surface area contributed by atoms with Gasteiger partial charge in [-0.15, -0.1) is 0 Å². The Kier molecular flexibility index (Phi) is 3.17. The van der Waals surface area contributed by atoms with Gasteiger partial charge in [-0.25, -0.2) is 0 Å². The smallest absolute Gasteiger partial charge is 0.257 e. The molecule has 0 aliphatic carbocycles. The molecule has 0 aliphatic heterocycles. The van der Waals surface area contributed by atoms with Crippen LogP contribution < -0.4 is 4.74 Å². The third-order valence-corrected chi connectivity index (χ3v) is 3.06. The molecular weight excluding hydrogens is 236 g/mol. The van der Waals surface area contributed by atoms with Gasteiger partial charge in [-0.05, 0) is 11.5 Å². The summed E-state index contributed by atoms with van der Waals surface area (Å²) in [5.41, 5.74) is 0.635. The van der Waals surface area contributed by atoms with Crippen molar-refractivity contribution in [2.24, 2.45) is 0 Å². The van der Waals surface area contributed by atoms with Crippen molar-refractivity contribution in [3.05, 3.63) is 78.4 Å². The molecule has 19 heavy (non-hydrogen) atoms. The first kappa shape index (κ1) is 11.8. The lowest BCUT2D eigenvalue weighted by atomic mass is 10.1. The van der Waals surface area contributed by atoms with Gasteiger partial charge in [0.1, 0.15) is 5.75 Å². The second-order valence-electron chi connectivity index (χ2n) is 4.34. The normalized spacial score (nSPS) is 12.3. The van der Waals surface area contributed by atoms with Crippen LogP contribution in [0.4, 0.5) is 0 Å². The lowest BCUT2D eigenvalue weighted by Gasteiger charge is -2.13. The molecule has 0 fully saturated rings. The Morgan fingerprint density at radius 2 is 1.42 bits per heavy atom. The molecule has 3 aromatic rings. The molecule has 93 valence electrons. The highest BCUT2D eigenvalue weighted by Crippen LogP contribution is 2.28. The Morgan fingerprint density at radius 1 is 0.737 bits per heavy atom. The summed E-state index contributed by atoms with van der Waals surface area (Å²) >= 11 is 0. The van der Waals surface area contributed by atoms with Gasteiger partial charge in [-0.3, -0.25) is 0 Å². The number of hydrogen-bond acceptors (Lipinski definition) is 1. The average molecular weight is 249 g/mol. The SMILES string of the molecule is [O]C(Oc1cccc2ccccc12)c1ccccc1. The Labute approximate surface area is 111 Å². The molecule has 0 N–H and O–H groups in total. The van der Waals surface area contributed by atoms with E-state index in [4.69, 9.17) is 4.74 Å². The second kappa shape index (κ2) is 5.12. The van der Waals surface area contributed by atoms with Gasteiger partial charge in [0.25, 0.3) is 6.29 Å². The van der Waals surface area contributed by atoms with Gasteiger partial charge in [0.15, 0.2) is 0 Å². The molecule has 0 saturated carbocycles. The zero-order valence-electron chi connectivity index (χ0n) is 10.3. The van der Waals surface area contributed by atoms with Gasteiger partial charge in [0, 0.05) is 10.9 Å². The van der Waals surface area contributed by atoms with Gasteiger partial charge in [-0.1, -0.05) is 66.7 Å². The third-order valence-electron chi connectivity index (χ3n) is 3.06. The number of hydrogen-bond donors (Lipinski definition) is 0. The summed E-state index contributed by atoms with van der Waals surface area (Å²) in [6.45, 7) is 0. The number of rotatable bonds is 3. The summed E-state index contributed by atoms with van der Waals surface area (Å²) in [5.74, 6) is 0.627. The van der Waals surface area contributed by atoms with Crippen LogP contribution in [0.3, 0.4) is 0 Å². The van der Waals surface area contributed by atoms with Crippen LogP contribution in [0, 0.1) is 0 Å². The lowest BCUT2D eigenvalue weighted by Crippen LogP contribution is -2.04. The quantitative estimate of drug-likeness (QED) is 0.634. The van der Waals surface area contributed by atoms with Crippen molar-refractivity contribution < 1.29 is 9.84 Å². The minimum absolute atomic E-state index is 0.627. The second-order valence-corrected chi connectivity index (χ2v) is 4.34. The van der Waals surface area contributed by atoms with Gasteiger partial charge < -0.3 is 4.74 Å². The van der Waals surface area contributed by atoms with Crippen LogP contribution >= 0.6 is 0 Å². The fourth-order valence-electron chi connectivity index (χ4n) is 2.09. The highest BCUT2D eigenvalue weighted by atomic mass is 16.6. The van der Waals surface area contributed by atoms with Crippen molar-refractivity contribution in [3.8, 4) is 5.75 Å². The van der Waals surface area contributed by atoms with E-state index in [2.05, 4.69) is 0 Å². The van der Waals surface area contributed by atoms with E-state index >= 15 is 0 Å². The molecule has 0 spiro atoms. The molecule has 2 heteroatoms. The van der Waals surface area contributed by atoms with Crippen molar-refractivity contribution in [2.45, 2.75) is 6.29 Å². The number of fused-ring (bicyclic) bond motifs is 1. The predicted octanol–water partition coefficient (Wildman–Crippen LogP) is 4.35. The van der Waals surface area contributed by atoms with Crippen LogP contribution in [0.2, 0.25) is 0 Å². The van der Waals surface area contributed by atoms with Gasteiger partial charge in [0.05, 0.1) is 0 Å². The summed E-state index contributed by atoms with van der Waals surface area (Å²) in [6, 6.07) is 22.7. The molecule has 0 heterocycles. The largest absolute Gasteiger partial charge is 0.457 e. The van der Waals surface area contributed by atoms with Crippen LogP contribution in [0.5, 0.6) is 5.75 Å². The lowest BCUT2D eigenvalue weighted by molar-refractivity contribution is -0.0732. The van der Waals surface area contributed by atoms with E-state index in [1.807, 2.05) is 60.7 Å². The highest BCUT2D eigenvalue weighted by molar-refractivity contribution is 5.88. The average Bonchev–Trinajstić information content (AvgIpc) is 2.48. The van der Waals surface area contributed by atoms with E-state index in [1.54, 1.807) is 12.1 Å². The first-order chi connectivity index (χ1) is 9.34. The molecule has 0 bridgehead atoms. The fraction of sp³-hybridized carbons (Fsp3) is 0.0588. The van der Waals surface area contributed by atoms with E-state index in [0.29, 0.717) is 11.3 Å². The van der Waals surface area contributed by atoms with E-state index in [1.165, 1.54) is 0 Å². The van der Waals surface area contributed by atoms with E-state index in [0.717, 1.165) is 10.8 Å². The predicted molar refractivity (Wildman–Crippen MR) is 74.4 cm³/mol. The van der Waals surface area contributed by atoms with Crippen molar-refractivity contribution in [3.63, 3.8) is 0 Å². The first-order valence-corrected chi connectivity index (χ1v) is 6.20. The van der Waals surface area contributed by atoms with Crippen molar-refractivity contribution >= 4 is 10.8 Å². The molecule has 1 radical (unpaired) electrons. The minimum atomic E-state index is -1.20. The fourth-order valence-corrected chi connectivity index (χ4v) is 2.09. The highest BCUT2D eigenvalue weighted by Gasteiger charge is 2.12. The maximum Gasteiger partial charge on any atom is 0.257 e. The van der Waals surface area contributed by atoms with E-state index < -0.39 is 6.29 Å². The summed E-state index contributed by atoms with van der Waals surface area (Å²) in [4.78, 5) is 0. The van der Waals surface area contributed by atoms with Crippen molar-refractivity contribution in [1.82, 2.24) is 0 Å². The Morgan fingerprint density at radius 3 is 2.26 bits per heavy atom. The Bertz CT molecular complexity index is 672. The van der Waals surface area contributed by atoms with Crippen LogP contribution in [0.1, 0.15) is 11.9 Å². The van der Waals surface area contributed by atoms with Crippen LogP contribution in [0.15, 0.2) is 72.8 Å². The van der Waals surface area contributed by atoms with E-state index in [-0.39, 0.29) is 0 Å². The van der Waals surface area contributed by atoms with E-state index in [9.17, 15) is 5.11 Å². The maximum absolute atomic E-state index is 12.1. The van der Waals surface area contributed by atoms with Crippen LogP contribution in [-0.4, -0.2) is 0 Å². The standard InChI is InChI=1S/C17H13O2/c18-17(14-8-2-1-3-9-14)19-16-12-6-10-13-7-4-5-11-15(13)16/h1-12,17H. The Balaban J connectivity index is 1.94. The van der Waals surface area contributed by atoms with Crippen molar-refractivity contribution in [1.29, 1.82) is 0 Å². The van der Waals surface area contributed by atoms with Gasteiger partial charge in [-0.2, -0.15) is 5.11 Å². The molecular formula is C17H13O2. The summed E-state index contributed by atoms with van der Waals surface area (Å²) in [7, 11) is 0. The monoisotopic (exact) mass is 249 g/mol. The molecule has 0 saturated heterocycles. The molecule has 3 aromatic carbocycles. The molecule has 0 aliphatic rings. The molecule has 2 nitrogen and oxygen atoms in total. The van der Waals surface area contributed by atoms with Crippen molar-refractivity contribution in [2.75, 3.05) is 0 Å². The van der Waals surface area contributed by atoms with Gasteiger partial charge >= 0.3 is 0 Å². The summed E-state index contributed by atoms with van der Waals surface area (Å²) in [5, 5.41) is 14.1. The first-order valence-electron chi connectivity index (χ1n) is 6.20. The summed E-state index contributed by atoms with van der Waals surface area (Å²) < 4.78 is 5.56. The number of ether oxygens (including phenoxy) is 1. The van der Waals surface area contributed by atoms with Crippen LogP contribution in [0.25, 0.3) is 10.8 Å². The third kappa shape index (κ3) is 2.44. The molecule has 3 rings (SSSR count). The zero-order chi connectivity index (χ0) is 13.1. The zero-order valence-corrected chi connectivity index (χ0v) is 10.3. The topological polar surface area (TPSA) is 29.1 Å². The molecule has 1 unspecified atom stereocenters. The van der Waals surface area contributed by atoms with Crippen LogP contribution in [-0.2, 0) is 5.11 Å². The number of benzene rings is 3. The van der Waals surface area contributed by atoms with Gasteiger partial charge in [0.2, 0.25) is 0 Å². The molecule has 1 atom stereocenters. The maximum atomic E-state index is 12.1. The summed E-state index contributed by atoms with van der Waals surface area (Å²) in [6.07, 6.45) is -1.20. The Hall–Kier alpha value is -2.32. The molecule has 0 amide bonds.